The van der Waals surface area contributed by atoms with E-state index in [-0.39, 0.29) is 16.2 Å². The standard InChI is InChI=1S/C12H22O/c1-10(2,3)9(13)12(7-8-12)11(4,5)6/h7-8H2,1-6H3. The van der Waals surface area contributed by atoms with E-state index in [9.17, 15) is 4.79 Å². The van der Waals surface area contributed by atoms with Crippen LogP contribution in [-0.4, -0.2) is 5.78 Å². The summed E-state index contributed by atoms with van der Waals surface area (Å²) in [6.07, 6.45) is 2.18. The van der Waals surface area contributed by atoms with Crippen LogP contribution in [0.5, 0.6) is 0 Å². The van der Waals surface area contributed by atoms with Crippen LogP contribution >= 0.6 is 0 Å². The number of hydrogen-bond donors (Lipinski definition) is 0. The summed E-state index contributed by atoms with van der Waals surface area (Å²) in [5.74, 6) is 0.451. The van der Waals surface area contributed by atoms with E-state index in [1.165, 1.54) is 0 Å². The summed E-state index contributed by atoms with van der Waals surface area (Å²) < 4.78 is 0. The summed E-state index contributed by atoms with van der Waals surface area (Å²) in [5.41, 5.74) is -0.0492. The lowest BCUT2D eigenvalue weighted by atomic mass is 9.68. The third-order valence-corrected chi connectivity index (χ3v) is 3.30. The third-order valence-electron chi connectivity index (χ3n) is 3.30. The van der Waals surface area contributed by atoms with Crippen LogP contribution in [0.15, 0.2) is 0 Å². The van der Waals surface area contributed by atoms with Gasteiger partial charge in [0, 0.05) is 10.8 Å². The van der Waals surface area contributed by atoms with Crippen LogP contribution in [0, 0.1) is 16.2 Å². The number of hydrogen-bond acceptors (Lipinski definition) is 1. The summed E-state index contributed by atoms with van der Waals surface area (Å²) >= 11 is 0. The van der Waals surface area contributed by atoms with Crippen LogP contribution < -0.4 is 0 Å². The van der Waals surface area contributed by atoms with Gasteiger partial charge in [-0.2, -0.15) is 0 Å². The first-order valence-electron chi connectivity index (χ1n) is 5.16. The predicted octanol–water partition coefficient (Wildman–Crippen LogP) is 3.43. The normalized spacial score (nSPS) is 21.4. The van der Waals surface area contributed by atoms with Gasteiger partial charge in [-0.15, -0.1) is 0 Å². The second kappa shape index (κ2) is 2.59. The van der Waals surface area contributed by atoms with E-state index in [0.717, 1.165) is 12.8 Å². The Morgan fingerprint density at radius 1 is 1.00 bits per heavy atom. The second-order valence-corrected chi connectivity index (χ2v) is 6.41. The molecule has 0 aromatic rings. The van der Waals surface area contributed by atoms with Gasteiger partial charge in [0.1, 0.15) is 5.78 Å². The number of rotatable bonds is 1. The minimum Gasteiger partial charge on any atom is -0.298 e. The molecule has 0 N–H and O–H groups in total. The maximum Gasteiger partial charge on any atom is 0.144 e. The van der Waals surface area contributed by atoms with Gasteiger partial charge in [-0.05, 0) is 18.3 Å². The van der Waals surface area contributed by atoms with Crippen molar-refractivity contribution in [3.8, 4) is 0 Å². The van der Waals surface area contributed by atoms with E-state index >= 15 is 0 Å². The van der Waals surface area contributed by atoms with Crippen molar-refractivity contribution >= 4 is 5.78 Å². The van der Waals surface area contributed by atoms with Gasteiger partial charge in [-0.1, -0.05) is 41.5 Å². The van der Waals surface area contributed by atoms with E-state index in [1.807, 2.05) is 20.8 Å². The molecular weight excluding hydrogens is 160 g/mol. The Kier molecular flexibility index (Phi) is 2.14. The van der Waals surface area contributed by atoms with Crippen LogP contribution in [0.3, 0.4) is 0 Å². The fourth-order valence-electron chi connectivity index (χ4n) is 2.16. The SMILES string of the molecule is CC(C)(C)C(=O)C1(C(C)(C)C)CC1. The first-order chi connectivity index (χ1) is 5.61. The van der Waals surface area contributed by atoms with Crippen LogP contribution in [0.25, 0.3) is 0 Å². The highest BCUT2D eigenvalue weighted by Gasteiger charge is 2.59. The molecule has 1 fully saturated rings. The van der Waals surface area contributed by atoms with E-state index in [0.29, 0.717) is 5.78 Å². The average Bonchev–Trinajstić information content (AvgIpc) is 2.60. The second-order valence-electron chi connectivity index (χ2n) is 6.41. The Morgan fingerprint density at radius 2 is 1.38 bits per heavy atom. The zero-order valence-electron chi connectivity index (χ0n) is 9.82. The lowest BCUT2D eigenvalue weighted by Gasteiger charge is -2.34. The highest BCUT2D eigenvalue weighted by molar-refractivity contribution is 5.92. The molecule has 0 radical (unpaired) electrons. The van der Waals surface area contributed by atoms with Crippen molar-refractivity contribution in [3.05, 3.63) is 0 Å². The summed E-state index contributed by atoms with van der Waals surface area (Å²) in [6, 6.07) is 0. The molecule has 13 heavy (non-hydrogen) atoms. The highest BCUT2D eigenvalue weighted by Crippen LogP contribution is 2.61. The Balaban J connectivity index is 2.91. The summed E-state index contributed by atoms with van der Waals surface area (Å²) in [5, 5.41) is 0. The Hall–Kier alpha value is -0.330. The predicted molar refractivity (Wildman–Crippen MR) is 55.6 cm³/mol. The average molecular weight is 182 g/mol. The quantitative estimate of drug-likeness (QED) is 0.607. The molecule has 1 nitrogen and oxygen atoms in total. The highest BCUT2D eigenvalue weighted by atomic mass is 16.1. The molecule has 76 valence electrons. The molecule has 0 spiro atoms. The lowest BCUT2D eigenvalue weighted by Crippen LogP contribution is -2.38. The number of carbonyl (C=O) groups is 1. The van der Waals surface area contributed by atoms with Crippen molar-refractivity contribution in [1.82, 2.24) is 0 Å². The number of carbonyl (C=O) groups excluding carboxylic acids is 1. The first kappa shape index (κ1) is 10.7. The van der Waals surface area contributed by atoms with E-state index in [2.05, 4.69) is 20.8 Å². The van der Waals surface area contributed by atoms with Gasteiger partial charge in [0.05, 0.1) is 0 Å². The lowest BCUT2D eigenvalue weighted by molar-refractivity contribution is -0.135. The van der Waals surface area contributed by atoms with E-state index in [1.54, 1.807) is 0 Å². The van der Waals surface area contributed by atoms with Crippen LogP contribution in [-0.2, 0) is 4.79 Å². The smallest absolute Gasteiger partial charge is 0.144 e. The Labute approximate surface area is 81.9 Å². The largest absolute Gasteiger partial charge is 0.298 e. The molecule has 0 heterocycles. The third kappa shape index (κ3) is 1.66. The molecule has 1 aliphatic rings. The fourth-order valence-corrected chi connectivity index (χ4v) is 2.16. The van der Waals surface area contributed by atoms with Gasteiger partial charge in [0.15, 0.2) is 0 Å². The first-order valence-corrected chi connectivity index (χ1v) is 5.16. The number of ketones is 1. The molecule has 0 aromatic heterocycles. The van der Waals surface area contributed by atoms with Gasteiger partial charge in [0.2, 0.25) is 0 Å². The molecular formula is C12H22O. The minimum absolute atomic E-state index is 0.00868. The van der Waals surface area contributed by atoms with E-state index < -0.39 is 0 Å². The topological polar surface area (TPSA) is 17.1 Å². The van der Waals surface area contributed by atoms with Gasteiger partial charge >= 0.3 is 0 Å². The van der Waals surface area contributed by atoms with Gasteiger partial charge in [-0.3, -0.25) is 4.79 Å². The van der Waals surface area contributed by atoms with Crippen molar-refractivity contribution in [1.29, 1.82) is 0 Å². The van der Waals surface area contributed by atoms with E-state index in [4.69, 9.17) is 0 Å². The molecule has 1 heteroatoms. The molecule has 0 saturated heterocycles. The van der Waals surface area contributed by atoms with Gasteiger partial charge in [-0.25, -0.2) is 0 Å². The maximum atomic E-state index is 12.2. The molecule has 0 unspecified atom stereocenters. The molecule has 1 rings (SSSR count). The van der Waals surface area contributed by atoms with Crippen molar-refractivity contribution < 1.29 is 4.79 Å². The van der Waals surface area contributed by atoms with Crippen LogP contribution in [0.1, 0.15) is 54.4 Å². The number of Topliss-reactive ketones (excluding diaryl/α,β-unsaturated/α-hetero) is 1. The molecule has 0 atom stereocenters. The summed E-state index contributed by atoms with van der Waals surface area (Å²) in [6.45, 7) is 12.6. The monoisotopic (exact) mass is 182 g/mol. The fraction of sp³-hybridized carbons (Fsp3) is 0.917. The summed E-state index contributed by atoms with van der Waals surface area (Å²) in [7, 11) is 0. The Morgan fingerprint density at radius 3 is 1.46 bits per heavy atom. The molecule has 0 aliphatic heterocycles. The maximum absolute atomic E-state index is 12.2. The summed E-state index contributed by atoms with van der Waals surface area (Å²) in [4.78, 5) is 12.2. The van der Waals surface area contributed by atoms with Crippen molar-refractivity contribution in [2.24, 2.45) is 16.2 Å². The molecule has 1 saturated carbocycles. The van der Waals surface area contributed by atoms with Crippen molar-refractivity contribution in [3.63, 3.8) is 0 Å². The molecule has 0 aromatic carbocycles. The minimum atomic E-state index is -0.177. The van der Waals surface area contributed by atoms with Crippen molar-refractivity contribution in [2.45, 2.75) is 54.4 Å². The van der Waals surface area contributed by atoms with Crippen molar-refractivity contribution in [2.75, 3.05) is 0 Å². The molecule has 1 aliphatic carbocycles. The Bertz CT molecular complexity index is 220. The van der Waals surface area contributed by atoms with Crippen LogP contribution in [0.2, 0.25) is 0 Å². The zero-order valence-corrected chi connectivity index (χ0v) is 9.82. The van der Waals surface area contributed by atoms with Gasteiger partial charge < -0.3 is 0 Å². The molecule has 0 amide bonds. The van der Waals surface area contributed by atoms with Crippen LogP contribution in [0.4, 0.5) is 0 Å². The molecule has 0 bridgehead atoms. The zero-order chi connectivity index (χ0) is 10.5. The van der Waals surface area contributed by atoms with Gasteiger partial charge in [0.25, 0.3) is 0 Å².